The number of urea groups is 1. The van der Waals surface area contributed by atoms with Gasteiger partial charge in [0.2, 0.25) is 0 Å². The lowest BCUT2D eigenvalue weighted by Crippen LogP contribution is -2.41. The largest absolute Gasteiger partial charge is 0.338 e. The van der Waals surface area contributed by atoms with Gasteiger partial charge in [-0.1, -0.05) is 0 Å². The van der Waals surface area contributed by atoms with Crippen molar-refractivity contribution in [3.05, 3.63) is 0 Å². The third kappa shape index (κ3) is 4.76. The van der Waals surface area contributed by atoms with Gasteiger partial charge in [-0.2, -0.15) is 11.8 Å². The van der Waals surface area contributed by atoms with Gasteiger partial charge in [0, 0.05) is 13.1 Å². The van der Waals surface area contributed by atoms with Gasteiger partial charge >= 0.3 is 6.03 Å². The van der Waals surface area contributed by atoms with Crippen LogP contribution in [0.4, 0.5) is 4.79 Å². The van der Waals surface area contributed by atoms with Crippen molar-refractivity contribution < 1.29 is 4.79 Å². The fraction of sp³-hybridized carbons (Fsp3) is 0.917. The van der Waals surface area contributed by atoms with E-state index >= 15 is 0 Å². The van der Waals surface area contributed by atoms with Crippen molar-refractivity contribution in [1.82, 2.24) is 16.0 Å². The molecule has 98 valence electrons. The van der Waals surface area contributed by atoms with E-state index in [1.54, 1.807) is 0 Å². The first-order chi connectivity index (χ1) is 8.34. The summed E-state index contributed by atoms with van der Waals surface area (Å²) in [6, 6.07) is 0.00692. The zero-order valence-electron chi connectivity index (χ0n) is 10.3. The van der Waals surface area contributed by atoms with E-state index < -0.39 is 0 Å². The average molecular weight is 257 g/mol. The van der Waals surface area contributed by atoms with Crippen LogP contribution in [-0.4, -0.2) is 43.7 Å². The molecular weight excluding hydrogens is 234 g/mol. The number of nitrogens with one attached hydrogen (secondary N) is 3. The Hall–Kier alpha value is -0.420. The highest BCUT2D eigenvalue weighted by atomic mass is 32.2. The second-order valence-corrected chi connectivity index (χ2v) is 6.18. The van der Waals surface area contributed by atoms with E-state index in [1.165, 1.54) is 30.8 Å². The molecule has 2 aliphatic rings. The molecule has 4 nitrogen and oxygen atoms in total. The topological polar surface area (TPSA) is 53.2 Å². The molecule has 0 aromatic rings. The molecule has 0 aromatic heterocycles. The van der Waals surface area contributed by atoms with E-state index in [9.17, 15) is 4.79 Å². The maximum atomic E-state index is 11.6. The van der Waals surface area contributed by atoms with Crippen LogP contribution in [0.1, 0.15) is 19.3 Å². The Kier molecular flexibility index (Phi) is 5.45. The Bertz CT molecular complexity index is 238. The number of carbonyl (C=O) groups excluding carboxylic acids is 1. The summed E-state index contributed by atoms with van der Waals surface area (Å²) < 4.78 is 0. The Morgan fingerprint density at radius 3 is 2.71 bits per heavy atom. The molecule has 0 radical (unpaired) electrons. The number of hydrogen-bond acceptors (Lipinski definition) is 3. The molecule has 3 N–H and O–H groups in total. The van der Waals surface area contributed by atoms with Crippen molar-refractivity contribution in [2.75, 3.05) is 37.7 Å². The van der Waals surface area contributed by atoms with Crippen molar-refractivity contribution >= 4 is 17.8 Å². The van der Waals surface area contributed by atoms with Gasteiger partial charge in [0.05, 0.1) is 0 Å². The normalized spacial score (nSPS) is 28.9. The van der Waals surface area contributed by atoms with Crippen molar-refractivity contribution in [2.24, 2.45) is 11.8 Å². The van der Waals surface area contributed by atoms with Crippen molar-refractivity contribution in [2.45, 2.75) is 19.3 Å². The van der Waals surface area contributed by atoms with Crippen LogP contribution in [0.25, 0.3) is 0 Å². The van der Waals surface area contributed by atoms with Crippen molar-refractivity contribution in [3.63, 3.8) is 0 Å². The highest BCUT2D eigenvalue weighted by Crippen LogP contribution is 2.21. The predicted molar refractivity (Wildman–Crippen MR) is 72.4 cm³/mol. The summed E-state index contributed by atoms with van der Waals surface area (Å²) in [7, 11) is 0. The molecule has 0 spiro atoms. The van der Waals surface area contributed by atoms with Gasteiger partial charge < -0.3 is 16.0 Å². The summed E-state index contributed by atoms with van der Waals surface area (Å²) in [5, 5.41) is 9.27. The summed E-state index contributed by atoms with van der Waals surface area (Å²) in [5.74, 6) is 3.78. The fourth-order valence-electron chi connectivity index (χ4n) is 2.39. The second kappa shape index (κ2) is 7.11. The monoisotopic (exact) mass is 257 g/mol. The van der Waals surface area contributed by atoms with Gasteiger partial charge in [0.15, 0.2) is 0 Å². The van der Waals surface area contributed by atoms with E-state index in [4.69, 9.17) is 0 Å². The summed E-state index contributed by atoms with van der Waals surface area (Å²) in [5.41, 5.74) is 0. The third-order valence-corrected chi connectivity index (χ3v) is 4.80. The van der Waals surface area contributed by atoms with Crippen molar-refractivity contribution in [1.29, 1.82) is 0 Å². The predicted octanol–water partition coefficient (Wildman–Crippen LogP) is 1.04. The van der Waals surface area contributed by atoms with E-state index in [1.807, 2.05) is 11.8 Å². The highest BCUT2D eigenvalue weighted by molar-refractivity contribution is 7.99. The molecule has 0 aromatic carbocycles. The van der Waals surface area contributed by atoms with Gasteiger partial charge in [0.1, 0.15) is 0 Å². The molecule has 2 unspecified atom stereocenters. The van der Waals surface area contributed by atoms with Crippen LogP contribution in [0.2, 0.25) is 0 Å². The minimum Gasteiger partial charge on any atom is -0.338 e. The summed E-state index contributed by atoms with van der Waals surface area (Å²) in [6.45, 7) is 3.77. The first-order valence-electron chi connectivity index (χ1n) is 6.65. The SMILES string of the molecule is O=C(NCC1CCNC1)NCC1CCCSC1. The molecule has 2 heterocycles. The van der Waals surface area contributed by atoms with Gasteiger partial charge in [-0.15, -0.1) is 0 Å². The number of rotatable bonds is 4. The number of hydrogen-bond donors (Lipinski definition) is 3. The smallest absolute Gasteiger partial charge is 0.314 e. The minimum absolute atomic E-state index is 0.00692. The molecule has 2 aliphatic heterocycles. The lowest BCUT2D eigenvalue weighted by molar-refractivity contribution is 0.237. The van der Waals surface area contributed by atoms with Gasteiger partial charge in [-0.25, -0.2) is 4.79 Å². The Labute approximate surface area is 108 Å². The number of thioether (sulfide) groups is 1. The van der Waals surface area contributed by atoms with E-state index in [-0.39, 0.29) is 6.03 Å². The first kappa shape index (κ1) is 13.0. The summed E-state index contributed by atoms with van der Waals surface area (Å²) >= 11 is 2.01. The zero-order valence-corrected chi connectivity index (χ0v) is 11.2. The molecule has 0 saturated carbocycles. The Balaban J connectivity index is 1.53. The standard InChI is InChI=1S/C12H23N3OS/c16-12(14-7-10-3-4-13-6-10)15-8-11-2-1-5-17-9-11/h10-11,13H,1-9H2,(H2,14,15,16). The molecule has 2 fully saturated rings. The first-order valence-corrected chi connectivity index (χ1v) is 7.80. The molecule has 0 bridgehead atoms. The molecule has 2 rings (SSSR count). The average Bonchev–Trinajstić information content (AvgIpc) is 2.88. The van der Waals surface area contributed by atoms with Crippen LogP contribution >= 0.6 is 11.8 Å². The van der Waals surface area contributed by atoms with E-state index in [2.05, 4.69) is 16.0 Å². The van der Waals surface area contributed by atoms with Crippen LogP contribution in [0, 0.1) is 11.8 Å². The van der Waals surface area contributed by atoms with E-state index in [0.717, 1.165) is 26.2 Å². The molecule has 2 atom stereocenters. The Morgan fingerprint density at radius 1 is 1.24 bits per heavy atom. The molecule has 5 heteroatoms. The van der Waals surface area contributed by atoms with Crippen LogP contribution < -0.4 is 16.0 Å². The third-order valence-electron chi connectivity index (χ3n) is 3.52. The van der Waals surface area contributed by atoms with Gasteiger partial charge in [-0.05, 0) is 55.7 Å². The second-order valence-electron chi connectivity index (χ2n) is 5.03. The lowest BCUT2D eigenvalue weighted by atomic mass is 10.1. The molecular formula is C12H23N3OS. The maximum Gasteiger partial charge on any atom is 0.314 e. The zero-order chi connectivity index (χ0) is 11.9. The van der Waals surface area contributed by atoms with Crippen molar-refractivity contribution in [3.8, 4) is 0 Å². The van der Waals surface area contributed by atoms with Crippen LogP contribution in [-0.2, 0) is 0 Å². The molecule has 17 heavy (non-hydrogen) atoms. The fourth-order valence-corrected chi connectivity index (χ4v) is 3.55. The summed E-state index contributed by atoms with van der Waals surface area (Å²) in [4.78, 5) is 11.6. The van der Waals surface area contributed by atoms with Gasteiger partial charge in [0.25, 0.3) is 0 Å². The molecule has 0 aliphatic carbocycles. The van der Waals surface area contributed by atoms with Gasteiger partial charge in [-0.3, -0.25) is 0 Å². The maximum absolute atomic E-state index is 11.6. The quantitative estimate of drug-likeness (QED) is 0.705. The van der Waals surface area contributed by atoms with Crippen LogP contribution in [0.5, 0.6) is 0 Å². The number of amides is 2. The minimum atomic E-state index is 0.00692. The van der Waals surface area contributed by atoms with E-state index in [0.29, 0.717) is 11.8 Å². The summed E-state index contributed by atoms with van der Waals surface area (Å²) in [6.07, 6.45) is 3.74. The Morgan fingerprint density at radius 2 is 2.06 bits per heavy atom. The molecule has 2 saturated heterocycles. The molecule has 2 amide bonds. The van der Waals surface area contributed by atoms with Crippen LogP contribution in [0.3, 0.4) is 0 Å². The van der Waals surface area contributed by atoms with Crippen LogP contribution in [0.15, 0.2) is 0 Å². The number of carbonyl (C=O) groups is 1. The lowest BCUT2D eigenvalue weighted by Gasteiger charge is -2.21. The highest BCUT2D eigenvalue weighted by Gasteiger charge is 2.16.